The van der Waals surface area contributed by atoms with Crippen molar-refractivity contribution in [2.45, 2.75) is 25.3 Å². The maximum absolute atomic E-state index is 14.3. The molecule has 3 aromatic rings. The van der Waals surface area contributed by atoms with Crippen molar-refractivity contribution in [2.75, 3.05) is 13.7 Å². The number of imidazole rings is 1. The molecule has 1 aliphatic rings. The first-order valence-electron chi connectivity index (χ1n) is 9.43. The highest BCUT2D eigenvalue weighted by Gasteiger charge is 2.33. The van der Waals surface area contributed by atoms with Crippen LogP contribution in [0.1, 0.15) is 29.6 Å². The molecule has 1 saturated heterocycles. The summed E-state index contributed by atoms with van der Waals surface area (Å²) in [5, 5.41) is 0.438. The molecule has 0 radical (unpaired) electrons. The molecule has 2 aromatic carbocycles. The average molecular weight is 450 g/mol. The minimum absolute atomic E-state index is 0.126. The molecule has 0 spiro atoms. The highest BCUT2D eigenvalue weighted by molar-refractivity contribution is 6.35. The molecule has 30 heavy (non-hydrogen) atoms. The van der Waals surface area contributed by atoms with Crippen molar-refractivity contribution in [3.8, 4) is 11.4 Å². The first kappa shape index (κ1) is 20.6. The van der Waals surface area contributed by atoms with E-state index >= 15 is 0 Å². The average Bonchev–Trinajstić information content (AvgIpc) is 3.16. The van der Waals surface area contributed by atoms with Crippen LogP contribution < -0.4 is 0 Å². The van der Waals surface area contributed by atoms with Crippen molar-refractivity contribution in [2.24, 2.45) is 0 Å². The Bertz CT molecular complexity index is 1130. The Morgan fingerprint density at radius 2 is 2.03 bits per heavy atom. The summed E-state index contributed by atoms with van der Waals surface area (Å²) < 4.78 is 19.1. The van der Waals surface area contributed by atoms with Crippen LogP contribution in [-0.4, -0.2) is 46.4 Å². The molecular weight excluding hydrogens is 432 g/mol. The Morgan fingerprint density at radius 3 is 2.77 bits per heavy atom. The van der Waals surface area contributed by atoms with Gasteiger partial charge in [-0.15, -0.1) is 0 Å². The second kappa shape index (κ2) is 8.24. The van der Waals surface area contributed by atoms with Gasteiger partial charge in [0.15, 0.2) is 0 Å². The van der Waals surface area contributed by atoms with E-state index in [-0.39, 0.29) is 27.3 Å². The number of H-pyrrole nitrogens is 1. The van der Waals surface area contributed by atoms with E-state index in [1.807, 2.05) is 0 Å². The Balaban J connectivity index is 1.74. The predicted octanol–water partition coefficient (Wildman–Crippen LogP) is 4.84. The largest absolute Gasteiger partial charge is 0.467 e. The van der Waals surface area contributed by atoms with Crippen LogP contribution in [0.25, 0.3) is 22.4 Å². The van der Waals surface area contributed by atoms with Gasteiger partial charge in [0.25, 0.3) is 5.91 Å². The quantitative estimate of drug-likeness (QED) is 0.580. The summed E-state index contributed by atoms with van der Waals surface area (Å²) in [6.07, 6.45) is 2.19. The van der Waals surface area contributed by atoms with Crippen LogP contribution in [0.15, 0.2) is 30.3 Å². The summed E-state index contributed by atoms with van der Waals surface area (Å²) in [4.78, 5) is 34.1. The lowest BCUT2D eigenvalue weighted by Crippen LogP contribution is -2.48. The van der Waals surface area contributed by atoms with Crippen LogP contribution in [0.5, 0.6) is 0 Å². The van der Waals surface area contributed by atoms with Crippen molar-refractivity contribution in [1.82, 2.24) is 14.9 Å². The maximum Gasteiger partial charge on any atom is 0.328 e. The van der Waals surface area contributed by atoms with Gasteiger partial charge < -0.3 is 14.6 Å². The highest BCUT2D eigenvalue weighted by atomic mass is 35.5. The van der Waals surface area contributed by atoms with E-state index in [1.54, 1.807) is 12.1 Å². The lowest BCUT2D eigenvalue weighted by atomic mass is 10.0. The number of hydrogen-bond donors (Lipinski definition) is 1. The Hall–Kier alpha value is -2.64. The zero-order valence-electron chi connectivity index (χ0n) is 16.0. The number of nitrogens with zero attached hydrogens (tertiary/aromatic N) is 2. The third-order valence-corrected chi connectivity index (χ3v) is 5.83. The SMILES string of the molecule is COC(=O)C1CCCCN1C(=O)c1cc(Cl)c2nc(-c3c(F)cccc3Cl)[nH]c2c1. The van der Waals surface area contributed by atoms with Crippen molar-refractivity contribution in [3.63, 3.8) is 0 Å². The number of benzene rings is 2. The van der Waals surface area contributed by atoms with Crippen LogP contribution in [0, 0.1) is 5.82 Å². The van der Waals surface area contributed by atoms with Crippen molar-refractivity contribution in [1.29, 1.82) is 0 Å². The fourth-order valence-electron chi connectivity index (χ4n) is 3.76. The molecule has 1 aliphatic heterocycles. The molecular formula is C21H18Cl2FN3O3. The summed E-state index contributed by atoms with van der Waals surface area (Å²) in [6, 6.07) is 6.83. The lowest BCUT2D eigenvalue weighted by Gasteiger charge is -2.33. The zero-order valence-corrected chi connectivity index (χ0v) is 17.6. The molecule has 0 saturated carbocycles. The molecule has 156 valence electrons. The van der Waals surface area contributed by atoms with E-state index in [1.165, 1.54) is 30.2 Å². The molecule has 1 amide bonds. The van der Waals surface area contributed by atoms with Crippen LogP contribution in [0.4, 0.5) is 4.39 Å². The summed E-state index contributed by atoms with van der Waals surface area (Å²) in [7, 11) is 1.31. The van der Waals surface area contributed by atoms with E-state index in [0.717, 1.165) is 12.8 Å². The van der Waals surface area contributed by atoms with Crippen LogP contribution in [0.2, 0.25) is 10.0 Å². The fraction of sp³-hybridized carbons (Fsp3) is 0.286. The van der Waals surface area contributed by atoms with Crippen LogP contribution in [0.3, 0.4) is 0 Å². The van der Waals surface area contributed by atoms with Gasteiger partial charge in [-0.2, -0.15) is 0 Å². The van der Waals surface area contributed by atoms with Crippen molar-refractivity contribution < 1.29 is 18.7 Å². The van der Waals surface area contributed by atoms with Gasteiger partial charge in [-0.05, 0) is 43.5 Å². The number of aromatic nitrogens is 2. The molecule has 2 heterocycles. The first-order chi connectivity index (χ1) is 14.4. The monoisotopic (exact) mass is 449 g/mol. The van der Waals surface area contributed by atoms with E-state index in [0.29, 0.717) is 29.6 Å². The number of likely N-dealkylation sites (tertiary alicyclic amines) is 1. The van der Waals surface area contributed by atoms with E-state index in [9.17, 15) is 14.0 Å². The number of piperidine rings is 1. The molecule has 1 unspecified atom stereocenters. The number of ether oxygens (including phenoxy) is 1. The molecule has 6 nitrogen and oxygen atoms in total. The fourth-order valence-corrected chi connectivity index (χ4v) is 4.28. The zero-order chi connectivity index (χ0) is 21.4. The summed E-state index contributed by atoms with van der Waals surface area (Å²) in [5.41, 5.74) is 1.29. The lowest BCUT2D eigenvalue weighted by molar-refractivity contribution is -0.147. The van der Waals surface area contributed by atoms with Gasteiger partial charge in [0.2, 0.25) is 0 Å². The first-order valence-corrected chi connectivity index (χ1v) is 10.2. The number of carbonyl (C=O) groups is 2. The number of methoxy groups -OCH3 is 1. The third kappa shape index (κ3) is 3.63. The van der Waals surface area contributed by atoms with E-state index in [2.05, 4.69) is 9.97 Å². The van der Waals surface area contributed by atoms with Gasteiger partial charge in [-0.1, -0.05) is 29.3 Å². The molecule has 1 fully saturated rings. The number of rotatable bonds is 3. The van der Waals surface area contributed by atoms with Gasteiger partial charge in [0.1, 0.15) is 23.2 Å². The van der Waals surface area contributed by atoms with Crippen molar-refractivity contribution in [3.05, 3.63) is 51.8 Å². The number of nitrogens with one attached hydrogen (secondary N) is 1. The topological polar surface area (TPSA) is 75.3 Å². The minimum Gasteiger partial charge on any atom is -0.467 e. The summed E-state index contributed by atoms with van der Waals surface area (Å²) in [6.45, 7) is 0.452. The van der Waals surface area contributed by atoms with Crippen LogP contribution in [-0.2, 0) is 9.53 Å². The summed E-state index contributed by atoms with van der Waals surface area (Å²) >= 11 is 12.5. The number of hydrogen-bond acceptors (Lipinski definition) is 4. The normalized spacial score (nSPS) is 16.7. The maximum atomic E-state index is 14.3. The predicted molar refractivity (Wildman–Crippen MR) is 112 cm³/mol. The number of fused-ring (bicyclic) bond motifs is 1. The Morgan fingerprint density at radius 1 is 1.23 bits per heavy atom. The molecule has 1 atom stereocenters. The highest BCUT2D eigenvalue weighted by Crippen LogP contribution is 2.33. The minimum atomic E-state index is -0.625. The standard InChI is InChI=1S/C21H18Cl2FN3O3/c1-30-21(29)16-7-2-3-8-27(16)20(28)11-9-13(23)18-15(10-11)25-19(26-18)17-12(22)5-4-6-14(17)24/h4-6,9-10,16H,2-3,7-8H2,1H3,(H,25,26). The van der Waals surface area contributed by atoms with Gasteiger partial charge in [-0.25, -0.2) is 14.2 Å². The van der Waals surface area contributed by atoms with Crippen LogP contribution >= 0.6 is 23.2 Å². The molecule has 0 aliphatic carbocycles. The van der Waals surface area contributed by atoms with Gasteiger partial charge in [-0.3, -0.25) is 4.79 Å². The number of esters is 1. The second-order valence-electron chi connectivity index (χ2n) is 7.07. The molecule has 1 aromatic heterocycles. The van der Waals surface area contributed by atoms with Gasteiger partial charge in [0, 0.05) is 12.1 Å². The number of halogens is 3. The smallest absolute Gasteiger partial charge is 0.328 e. The number of amides is 1. The van der Waals surface area contributed by atoms with E-state index < -0.39 is 17.8 Å². The third-order valence-electron chi connectivity index (χ3n) is 5.22. The Labute approximate surface area is 181 Å². The molecule has 0 bridgehead atoms. The van der Waals surface area contributed by atoms with Crippen molar-refractivity contribution >= 4 is 46.1 Å². The number of aromatic amines is 1. The molecule has 9 heteroatoms. The summed E-state index contributed by atoms with van der Waals surface area (Å²) in [5.74, 6) is -1.07. The van der Waals surface area contributed by atoms with E-state index in [4.69, 9.17) is 27.9 Å². The number of carbonyl (C=O) groups excluding carboxylic acids is 2. The molecule has 1 N–H and O–H groups in total. The Kier molecular flexibility index (Phi) is 5.66. The second-order valence-corrected chi connectivity index (χ2v) is 7.88. The van der Waals surface area contributed by atoms with Gasteiger partial charge in [0.05, 0.1) is 28.2 Å². The molecule has 4 rings (SSSR count). The van der Waals surface area contributed by atoms with Gasteiger partial charge >= 0.3 is 5.97 Å².